The Kier molecular flexibility index (Phi) is 9.45. The number of hydrogen-bond acceptors (Lipinski definition) is 3. The number of halogens is 1. The number of rotatable bonds is 10. The first kappa shape index (κ1) is 19.9. The van der Waals surface area contributed by atoms with Gasteiger partial charge in [0.2, 0.25) is 5.91 Å². The van der Waals surface area contributed by atoms with Gasteiger partial charge >= 0.3 is 6.03 Å². The molecule has 0 spiro atoms. The molecule has 1 aromatic carbocycles. The third-order valence-corrected chi connectivity index (χ3v) is 3.47. The summed E-state index contributed by atoms with van der Waals surface area (Å²) in [7, 11) is 1.86. The Labute approximate surface area is 142 Å². The fourth-order valence-electron chi connectivity index (χ4n) is 2.15. The summed E-state index contributed by atoms with van der Waals surface area (Å²) in [6, 6.07) is 4.92. The first-order valence-electron chi connectivity index (χ1n) is 8.28. The maximum atomic E-state index is 12.8. The van der Waals surface area contributed by atoms with E-state index < -0.39 is 12.1 Å². The van der Waals surface area contributed by atoms with Gasteiger partial charge in [-0.2, -0.15) is 0 Å². The van der Waals surface area contributed by atoms with E-state index in [0.717, 1.165) is 24.9 Å². The molecule has 0 fully saturated rings. The van der Waals surface area contributed by atoms with Gasteiger partial charge in [-0.1, -0.05) is 25.5 Å². The van der Waals surface area contributed by atoms with E-state index >= 15 is 0 Å². The van der Waals surface area contributed by atoms with Gasteiger partial charge in [-0.25, -0.2) is 9.18 Å². The van der Waals surface area contributed by atoms with Crippen molar-refractivity contribution in [2.75, 3.05) is 20.1 Å². The van der Waals surface area contributed by atoms with Crippen LogP contribution in [0.5, 0.6) is 0 Å². The Morgan fingerprint density at radius 1 is 1.12 bits per heavy atom. The van der Waals surface area contributed by atoms with Crippen molar-refractivity contribution in [3.05, 3.63) is 35.6 Å². The van der Waals surface area contributed by atoms with Gasteiger partial charge in [-0.05, 0) is 44.1 Å². The minimum absolute atomic E-state index is 0.176. The van der Waals surface area contributed by atoms with Crippen molar-refractivity contribution in [3.63, 3.8) is 0 Å². The average molecular weight is 338 g/mol. The summed E-state index contributed by atoms with van der Waals surface area (Å²) in [6.07, 6.45) is 2.19. The molecule has 0 aliphatic heterocycles. The molecule has 0 aliphatic carbocycles. The van der Waals surface area contributed by atoms with E-state index in [1.165, 1.54) is 12.1 Å². The van der Waals surface area contributed by atoms with Crippen LogP contribution < -0.4 is 21.3 Å². The van der Waals surface area contributed by atoms with Crippen LogP contribution in [0.1, 0.15) is 31.7 Å². The van der Waals surface area contributed by atoms with Gasteiger partial charge in [0, 0.05) is 13.1 Å². The van der Waals surface area contributed by atoms with Gasteiger partial charge in [-0.15, -0.1) is 0 Å². The number of carbonyl (C=O) groups excluding carboxylic acids is 2. The van der Waals surface area contributed by atoms with Crippen molar-refractivity contribution in [1.82, 2.24) is 21.3 Å². The lowest BCUT2D eigenvalue weighted by molar-refractivity contribution is -0.123. The number of hydrogen-bond donors (Lipinski definition) is 4. The van der Waals surface area contributed by atoms with Crippen LogP contribution in [0.3, 0.4) is 0 Å². The molecule has 3 amide bonds. The van der Waals surface area contributed by atoms with Crippen molar-refractivity contribution in [1.29, 1.82) is 0 Å². The minimum atomic E-state index is -0.558. The van der Waals surface area contributed by atoms with Gasteiger partial charge in [-0.3, -0.25) is 4.79 Å². The van der Waals surface area contributed by atoms with Crippen molar-refractivity contribution >= 4 is 11.9 Å². The van der Waals surface area contributed by atoms with E-state index in [4.69, 9.17) is 0 Å². The quantitative estimate of drug-likeness (QED) is 0.488. The molecule has 134 valence electrons. The largest absolute Gasteiger partial charge is 0.354 e. The van der Waals surface area contributed by atoms with E-state index in [-0.39, 0.29) is 18.3 Å². The summed E-state index contributed by atoms with van der Waals surface area (Å²) < 4.78 is 12.8. The van der Waals surface area contributed by atoms with Crippen LogP contribution in [0.15, 0.2) is 24.3 Å². The Morgan fingerprint density at radius 2 is 1.83 bits per heavy atom. The van der Waals surface area contributed by atoms with Gasteiger partial charge < -0.3 is 21.3 Å². The van der Waals surface area contributed by atoms with E-state index in [9.17, 15) is 14.0 Å². The highest BCUT2D eigenvalue weighted by molar-refractivity contribution is 5.86. The molecule has 0 aromatic heterocycles. The highest BCUT2D eigenvalue weighted by atomic mass is 19.1. The second kappa shape index (κ2) is 11.4. The monoisotopic (exact) mass is 338 g/mol. The predicted molar refractivity (Wildman–Crippen MR) is 92.0 cm³/mol. The molecule has 0 radical (unpaired) electrons. The van der Waals surface area contributed by atoms with E-state index in [0.29, 0.717) is 13.0 Å². The summed E-state index contributed by atoms with van der Waals surface area (Å²) >= 11 is 0. The number of nitrogens with one attached hydrogen (secondary N) is 4. The molecule has 0 heterocycles. The predicted octanol–water partition coefficient (Wildman–Crippen LogP) is 1.52. The number of urea groups is 1. The Balaban J connectivity index is 2.40. The summed E-state index contributed by atoms with van der Waals surface area (Å²) in [5.41, 5.74) is 0.787. The summed E-state index contributed by atoms with van der Waals surface area (Å²) in [4.78, 5) is 24.1. The highest BCUT2D eigenvalue weighted by Gasteiger charge is 2.19. The molecule has 0 saturated carbocycles. The van der Waals surface area contributed by atoms with E-state index in [1.54, 1.807) is 12.1 Å². The van der Waals surface area contributed by atoms with Crippen LogP contribution in [0, 0.1) is 5.82 Å². The summed E-state index contributed by atoms with van der Waals surface area (Å²) in [6.45, 7) is 3.62. The fraction of sp³-hybridized carbons (Fsp3) is 0.529. The van der Waals surface area contributed by atoms with Gasteiger partial charge in [0.1, 0.15) is 11.9 Å². The minimum Gasteiger partial charge on any atom is -0.354 e. The molecule has 1 aromatic rings. The van der Waals surface area contributed by atoms with Crippen LogP contribution in [-0.2, 0) is 11.3 Å². The molecule has 1 unspecified atom stereocenters. The molecule has 7 heteroatoms. The highest BCUT2D eigenvalue weighted by Crippen LogP contribution is 2.02. The van der Waals surface area contributed by atoms with Crippen LogP contribution in [0.25, 0.3) is 0 Å². The second-order valence-electron chi connectivity index (χ2n) is 5.54. The van der Waals surface area contributed by atoms with Crippen molar-refractivity contribution in [3.8, 4) is 0 Å². The molecule has 1 rings (SSSR count). The molecule has 4 N–H and O–H groups in total. The maximum Gasteiger partial charge on any atom is 0.315 e. The lowest BCUT2D eigenvalue weighted by Crippen LogP contribution is -2.50. The van der Waals surface area contributed by atoms with Crippen molar-refractivity contribution in [2.24, 2.45) is 0 Å². The smallest absolute Gasteiger partial charge is 0.315 e. The Hall–Kier alpha value is -2.15. The number of carbonyl (C=O) groups is 2. The van der Waals surface area contributed by atoms with Gasteiger partial charge in [0.25, 0.3) is 0 Å². The standard InChI is InChI=1S/C17H27FN4O2/c1-3-5-15(16(23)20-11-4-10-19-2)22-17(24)21-12-13-6-8-14(18)9-7-13/h6-9,15,19H,3-5,10-12H2,1-2H3,(H,20,23)(H2,21,22,24). The molecule has 0 saturated heterocycles. The zero-order valence-corrected chi connectivity index (χ0v) is 14.3. The average Bonchev–Trinajstić information content (AvgIpc) is 2.57. The number of benzene rings is 1. The molecule has 6 nitrogen and oxygen atoms in total. The molecule has 0 bridgehead atoms. The third-order valence-electron chi connectivity index (χ3n) is 3.47. The van der Waals surface area contributed by atoms with E-state index in [2.05, 4.69) is 21.3 Å². The summed E-state index contributed by atoms with van der Waals surface area (Å²) in [5.74, 6) is -0.494. The SMILES string of the molecule is CCCC(NC(=O)NCc1ccc(F)cc1)C(=O)NCCCNC. The molecule has 1 atom stereocenters. The zero-order chi connectivity index (χ0) is 17.8. The zero-order valence-electron chi connectivity index (χ0n) is 14.3. The number of amides is 3. The molecule has 0 aliphatic rings. The fourth-order valence-corrected chi connectivity index (χ4v) is 2.15. The first-order valence-corrected chi connectivity index (χ1v) is 8.28. The Morgan fingerprint density at radius 3 is 2.46 bits per heavy atom. The van der Waals surface area contributed by atoms with Crippen molar-refractivity contribution < 1.29 is 14.0 Å². The lowest BCUT2D eigenvalue weighted by atomic mass is 10.1. The first-order chi connectivity index (χ1) is 11.6. The molecular formula is C17H27FN4O2. The lowest BCUT2D eigenvalue weighted by Gasteiger charge is -2.18. The van der Waals surface area contributed by atoms with Crippen LogP contribution in [0.4, 0.5) is 9.18 Å². The van der Waals surface area contributed by atoms with Crippen molar-refractivity contribution in [2.45, 2.75) is 38.8 Å². The molecular weight excluding hydrogens is 311 g/mol. The van der Waals surface area contributed by atoms with Gasteiger partial charge in [0.05, 0.1) is 0 Å². The molecule has 24 heavy (non-hydrogen) atoms. The van der Waals surface area contributed by atoms with E-state index in [1.807, 2.05) is 14.0 Å². The van der Waals surface area contributed by atoms with Crippen LogP contribution in [-0.4, -0.2) is 38.1 Å². The maximum absolute atomic E-state index is 12.8. The van der Waals surface area contributed by atoms with Crippen LogP contribution in [0.2, 0.25) is 0 Å². The van der Waals surface area contributed by atoms with Crippen LogP contribution >= 0.6 is 0 Å². The normalized spacial score (nSPS) is 11.6. The topological polar surface area (TPSA) is 82.3 Å². The Bertz CT molecular complexity index is 508. The summed E-state index contributed by atoms with van der Waals surface area (Å²) in [5, 5.41) is 11.2. The van der Waals surface area contributed by atoms with Gasteiger partial charge in [0.15, 0.2) is 0 Å². The second-order valence-corrected chi connectivity index (χ2v) is 5.54. The third kappa shape index (κ3) is 7.92.